The molecule has 0 radical (unpaired) electrons. The van der Waals surface area contributed by atoms with Crippen molar-refractivity contribution in [2.24, 2.45) is 0 Å². The van der Waals surface area contributed by atoms with Crippen LogP contribution in [0.5, 0.6) is 0 Å². The Labute approximate surface area is 154 Å². The molecule has 1 aromatic heterocycles. The zero-order valence-electron chi connectivity index (χ0n) is 13.7. The van der Waals surface area contributed by atoms with Crippen LogP contribution in [0.1, 0.15) is 19.3 Å². The average molecular weight is 382 g/mol. The van der Waals surface area contributed by atoms with E-state index in [0.29, 0.717) is 36.3 Å². The smallest absolute Gasteiger partial charge is 0.240 e. The van der Waals surface area contributed by atoms with Crippen molar-refractivity contribution in [3.63, 3.8) is 0 Å². The van der Waals surface area contributed by atoms with E-state index in [2.05, 4.69) is 15.2 Å². The van der Waals surface area contributed by atoms with Crippen LogP contribution in [0.3, 0.4) is 0 Å². The zero-order valence-corrected chi connectivity index (χ0v) is 15.3. The molecular formula is C17H20ClN3O3S. The summed E-state index contributed by atoms with van der Waals surface area (Å²) in [5.74, 6) is -0.102. The number of aliphatic hydroxyl groups excluding tert-OH is 1. The number of hydrogen-bond acceptors (Lipinski definition) is 6. The summed E-state index contributed by atoms with van der Waals surface area (Å²) in [6, 6.07) is 5.48. The molecule has 1 amide bonds. The monoisotopic (exact) mass is 381 g/mol. The number of piperidine rings is 1. The van der Waals surface area contributed by atoms with Crippen molar-refractivity contribution in [1.82, 2.24) is 9.88 Å². The van der Waals surface area contributed by atoms with Crippen molar-refractivity contribution in [1.29, 1.82) is 0 Å². The molecule has 1 aromatic carbocycles. The van der Waals surface area contributed by atoms with Crippen LogP contribution in [0, 0.1) is 0 Å². The molecule has 0 bridgehead atoms. The summed E-state index contributed by atoms with van der Waals surface area (Å²) < 4.78 is 6.78. The van der Waals surface area contributed by atoms with Gasteiger partial charge >= 0.3 is 0 Å². The topological polar surface area (TPSA) is 74.7 Å². The second-order valence-corrected chi connectivity index (χ2v) is 8.18. The van der Waals surface area contributed by atoms with Crippen LogP contribution in [0.2, 0.25) is 5.02 Å². The van der Waals surface area contributed by atoms with Gasteiger partial charge in [0.25, 0.3) is 0 Å². The molecule has 2 atom stereocenters. The minimum Gasteiger partial charge on any atom is -0.390 e. The normalized spacial score (nSPS) is 27.2. The summed E-state index contributed by atoms with van der Waals surface area (Å²) in [4.78, 5) is 18.9. The molecule has 6 nitrogen and oxygen atoms in total. The van der Waals surface area contributed by atoms with Crippen LogP contribution in [0.4, 0.5) is 5.13 Å². The summed E-state index contributed by atoms with van der Waals surface area (Å²) in [6.45, 7) is 2.24. The molecule has 8 heteroatoms. The maximum Gasteiger partial charge on any atom is 0.240 e. The highest BCUT2D eigenvalue weighted by atomic mass is 35.5. The summed E-state index contributed by atoms with van der Waals surface area (Å²) in [5.41, 5.74) is 0.328. The van der Waals surface area contributed by atoms with Crippen LogP contribution in [-0.4, -0.2) is 58.8 Å². The van der Waals surface area contributed by atoms with Gasteiger partial charge in [0.1, 0.15) is 5.60 Å². The minimum atomic E-state index is -0.495. The minimum absolute atomic E-state index is 0.102. The summed E-state index contributed by atoms with van der Waals surface area (Å²) in [5, 5.41) is 14.4. The first kappa shape index (κ1) is 17.2. The SMILES string of the molecule is O=C(CN1CC[C@H](O)[C@]2(CCCO2)C1)Nc1nc2ccc(Cl)cc2s1. The third-order valence-electron chi connectivity index (χ3n) is 4.92. The van der Waals surface area contributed by atoms with Crippen LogP contribution in [0.25, 0.3) is 10.2 Å². The first-order valence-electron chi connectivity index (χ1n) is 8.44. The fourth-order valence-electron chi connectivity index (χ4n) is 3.69. The first-order chi connectivity index (χ1) is 12.0. The standard InChI is InChI=1S/C17H20ClN3O3S/c18-11-2-3-12-13(8-11)25-16(19-12)20-15(23)9-21-6-4-14(22)17(10-21)5-1-7-24-17/h2-3,8,14,22H,1,4-7,9-10H2,(H,19,20,23)/t14-,17-/m0/s1. The highest BCUT2D eigenvalue weighted by Crippen LogP contribution is 2.35. The lowest BCUT2D eigenvalue weighted by molar-refractivity contribution is -0.137. The number of aromatic nitrogens is 1. The molecule has 4 rings (SSSR count). The highest BCUT2D eigenvalue weighted by Gasteiger charge is 2.46. The zero-order chi connectivity index (χ0) is 17.4. The van der Waals surface area contributed by atoms with Crippen molar-refractivity contribution >= 4 is 44.2 Å². The molecule has 0 saturated carbocycles. The lowest BCUT2D eigenvalue weighted by Crippen LogP contribution is -2.57. The number of nitrogens with one attached hydrogen (secondary N) is 1. The number of rotatable bonds is 3. The van der Waals surface area contributed by atoms with E-state index in [1.54, 1.807) is 6.07 Å². The summed E-state index contributed by atoms with van der Waals surface area (Å²) in [6.07, 6.45) is 2.01. The summed E-state index contributed by atoms with van der Waals surface area (Å²) >= 11 is 7.40. The number of carbonyl (C=O) groups excluding carboxylic acids is 1. The molecule has 1 spiro atoms. The van der Waals surface area contributed by atoms with Gasteiger partial charge in [0, 0.05) is 24.7 Å². The fraction of sp³-hybridized carbons (Fsp3) is 0.529. The number of thiazole rings is 1. The van der Waals surface area contributed by atoms with E-state index in [4.69, 9.17) is 16.3 Å². The van der Waals surface area contributed by atoms with E-state index < -0.39 is 11.7 Å². The van der Waals surface area contributed by atoms with Gasteiger partial charge in [0.2, 0.25) is 5.91 Å². The van der Waals surface area contributed by atoms with Crippen LogP contribution < -0.4 is 5.32 Å². The molecule has 3 heterocycles. The van der Waals surface area contributed by atoms with E-state index in [9.17, 15) is 9.90 Å². The van der Waals surface area contributed by atoms with E-state index in [-0.39, 0.29) is 12.5 Å². The fourth-order valence-corrected chi connectivity index (χ4v) is 4.84. The lowest BCUT2D eigenvalue weighted by Gasteiger charge is -2.42. The number of benzene rings is 1. The number of fused-ring (bicyclic) bond motifs is 1. The number of halogens is 1. The maximum absolute atomic E-state index is 12.4. The summed E-state index contributed by atoms with van der Waals surface area (Å²) in [7, 11) is 0. The Bertz CT molecular complexity index is 791. The third kappa shape index (κ3) is 3.52. The van der Waals surface area contributed by atoms with Crippen LogP contribution in [0.15, 0.2) is 18.2 Å². The van der Waals surface area contributed by atoms with Crippen molar-refractivity contribution < 1.29 is 14.6 Å². The molecule has 2 aliphatic heterocycles. The molecule has 0 unspecified atom stereocenters. The Morgan fingerprint density at radius 2 is 2.44 bits per heavy atom. The Kier molecular flexibility index (Phi) is 4.68. The number of carbonyl (C=O) groups is 1. The molecular weight excluding hydrogens is 362 g/mol. The number of hydrogen-bond donors (Lipinski definition) is 2. The number of nitrogens with zero attached hydrogens (tertiary/aromatic N) is 2. The van der Waals surface area contributed by atoms with Gasteiger partial charge in [-0.05, 0) is 37.5 Å². The Balaban J connectivity index is 1.39. The van der Waals surface area contributed by atoms with Crippen LogP contribution in [-0.2, 0) is 9.53 Å². The highest BCUT2D eigenvalue weighted by molar-refractivity contribution is 7.22. The number of likely N-dealkylation sites (tertiary alicyclic amines) is 1. The predicted molar refractivity (Wildman–Crippen MR) is 98.2 cm³/mol. The van der Waals surface area contributed by atoms with Gasteiger partial charge in [-0.2, -0.15) is 0 Å². The van der Waals surface area contributed by atoms with Crippen LogP contribution >= 0.6 is 22.9 Å². The van der Waals surface area contributed by atoms with E-state index in [0.717, 1.165) is 23.1 Å². The largest absolute Gasteiger partial charge is 0.390 e. The average Bonchev–Trinajstić information content (AvgIpc) is 3.18. The van der Waals surface area contributed by atoms with Gasteiger partial charge in [-0.3, -0.25) is 9.69 Å². The van der Waals surface area contributed by atoms with Crippen molar-refractivity contribution in [3.8, 4) is 0 Å². The van der Waals surface area contributed by atoms with E-state index >= 15 is 0 Å². The Hall–Kier alpha value is -1.25. The second kappa shape index (κ2) is 6.81. The molecule has 2 aromatic rings. The van der Waals surface area contributed by atoms with E-state index in [1.807, 2.05) is 12.1 Å². The molecule has 2 N–H and O–H groups in total. The molecule has 0 aliphatic carbocycles. The second-order valence-electron chi connectivity index (χ2n) is 6.71. The van der Waals surface area contributed by atoms with Gasteiger partial charge in [0.05, 0.1) is 22.9 Å². The van der Waals surface area contributed by atoms with E-state index in [1.165, 1.54) is 11.3 Å². The molecule has 25 heavy (non-hydrogen) atoms. The number of anilines is 1. The predicted octanol–water partition coefficient (Wildman–Crippen LogP) is 2.50. The molecule has 2 saturated heterocycles. The van der Waals surface area contributed by atoms with Crippen molar-refractivity contribution in [2.45, 2.75) is 31.0 Å². The number of ether oxygens (including phenoxy) is 1. The van der Waals surface area contributed by atoms with Gasteiger partial charge in [0.15, 0.2) is 5.13 Å². The lowest BCUT2D eigenvalue weighted by atomic mass is 9.87. The Morgan fingerprint density at radius 1 is 1.56 bits per heavy atom. The van der Waals surface area contributed by atoms with Crippen molar-refractivity contribution in [2.75, 3.05) is 31.6 Å². The maximum atomic E-state index is 12.4. The number of amides is 1. The molecule has 2 fully saturated rings. The third-order valence-corrected chi connectivity index (χ3v) is 6.08. The van der Waals surface area contributed by atoms with Gasteiger partial charge in [-0.25, -0.2) is 4.98 Å². The van der Waals surface area contributed by atoms with Gasteiger partial charge < -0.3 is 15.2 Å². The molecule has 2 aliphatic rings. The van der Waals surface area contributed by atoms with Gasteiger partial charge in [-0.1, -0.05) is 22.9 Å². The number of aliphatic hydroxyl groups is 1. The molecule has 134 valence electrons. The first-order valence-corrected chi connectivity index (χ1v) is 9.64. The quantitative estimate of drug-likeness (QED) is 0.854. The Morgan fingerprint density at radius 3 is 3.24 bits per heavy atom. The van der Waals surface area contributed by atoms with Gasteiger partial charge in [-0.15, -0.1) is 0 Å². The van der Waals surface area contributed by atoms with Crippen molar-refractivity contribution in [3.05, 3.63) is 23.2 Å².